The maximum Gasteiger partial charge on any atom is 0.325 e. The quantitative estimate of drug-likeness (QED) is 0.558. The monoisotopic (exact) mass is 428 g/mol. The molecule has 0 spiro atoms. The van der Waals surface area contributed by atoms with Crippen molar-refractivity contribution in [3.8, 4) is 11.5 Å². The number of carbonyl (C=O) groups is 2. The second-order valence-electron chi connectivity index (χ2n) is 6.37. The SMILES string of the molecule is O=C(Cc1csc(NC(=O)Nc2ccc(F)cc2)n1)NCc1ccc2c(c1)OCO2. The van der Waals surface area contributed by atoms with Gasteiger partial charge in [-0.05, 0) is 42.0 Å². The lowest BCUT2D eigenvalue weighted by molar-refractivity contribution is -0.120. The highest BCUT2D eigenvalue weighted by Crippen LogP contribution is 2.32. The van der Waals surface area contributed by atoms with Crippen LogP contribution >= 0.6 is 11.3 Å². The minimum absolute atomic E-state index is 0.0856. The number of benzene rings is 2. The van der Waals surface area contributed by atoms with Crippen molar-refractivity contribution in [1.29, 1.82) is 0 Å². The average molecular weight is 428 g/mol. The first kappa shape index (κ1) is 19.6. The van der Waals surface area contributed by atoms with Crippen LogP contribution in [0, 0.1) is 5.82 Å². The van der Waals surface area contributed by atoms with Gasteiger partial charge in [-0.2, -0.15) is 0 Å². The molecule has 30 heavy (non-hydrogen) atoms. The molecule has 3 amide bonds. The molecule has 3 aromatic rings. The number of nitrogens with zero attached hydrogens (tertiary/aromatic N) is 1. The largest absolute Gasteiger partial charge is 0.454 e. The van der Waals surface area contributed by atoms with Gasteiger partial charge < -0.3 is 20.1 Å². The maximum atomic E-state index is 12.9. The maximum absolute atomic E-state index is 12.9. The number of hydrogen-bond acceptors (Lipinski definition) is 6. The third kappa shape index (κ3) is 5.03. The molecule has 4 rings (SSSR count). The van der Waals surface area contributed by atoms with Gasteiger partial charge in [0.1, 0.15) is 5.82 Å². The van der Waals surface area contributed by atoms with Crippen molar-refractivity contribution < 1.29 is 23.5 Å². The number of carbonyl (C=O) groups excluding carboxylic acids is 2. The molecule has 0 atom stereocenters. The van der Waals surface area contributed by atoms with Gasteiger partial charge in [-0.25, -0.2) is 14.2 Å². The van der Waals surface area contributed by atoms with Gasteiger partial charge in [0.25, 0.3) is 0 Å². The fraction of sp³-hybridized carbons (Fsp3) is 0.150. The van der Waals surface area contributed by atoms with Gasteiger partial charge in [-0.3, -0.25) is 10.1 Å². The molecule has 0 radical (unpaired) electrons. The van der Waals surface area contributed by atoms with Crippen LogP contribution in [0.15, 0.2) is 47.8 Å². The Labute approximate surface area is 175 Å². The van der Waals surface area contributed by atoms with Gasteiger partial charge in [0, 0.05) is 17.6 Å². The Morgan fingerprint density at radius 3 is 2.70 bits per heavy atom. The Kier molecular flexibility index (Phi) is 5.75. The molecule has 1 aliphatic rings. The van der Waals surface area contributed by atoms with Gasteiger partial charge in [-0.1, -0.05) is 6.07 Å². The average Bonchev–Trinajstić information content (AvgIpc) is 3.37. The third-order valence-electron chi connectivity index (χ3n) is 4.14. The van der Waals surface area contributed by atoms with Crippen molar-refractivity contribution in [3.63, 3.8) is 0 Å². The van der Waals surface area contributed by atoms with Crippen molar-refractivity contribution >= 4 is 34.1 Å². The first-order valence-corrected chi connectivity index (χ1v) is 9.86. The number of thiazole rings is 1. The molecule has 0 unspecified atom stereocenters. The number of anilines is 2. The van der Waals surface area contributed by atoms with E-state index < -0.39 is 6.03 Å². The smallest absolute Gasteiger partial charge is 0.325 e. The summed E-state index contributed by atoms with van der Waals surface area (Å²) in [4.78, 5) is 28.4. The zero-order valence-electron chi connectivity index (χ0n) is 15.6. The van der Waals surface area contributed by atoms with E-state index in [0.29, 0.717) is 34.6 Å². The third-order valence-corrected chi connectivity index (χ3v) is 4.95. The highest BCUT2D eigenvalue weighted by atomic mass is 32.1. The molecular formula is C20H17FN4O4S. The lowest BCUT2D eigenvalue weighted by atomic mass is 10.2. The van der Waals surface area contributed by atoms with E-state index in [1.807, 2.05) is 12.1 Å². The van der Waals surface area contributed by atoms with Crippen LogP contribution < -0.4 is 25.4 Å². The first-order valence-electron chi connectivity index (χ1n) is 8.98. The Morgan fingerprint density at radius 2 is 1.87 bits per heavy atom. The van der Waals surface area contributed by atoms with Crippen LogP contribution in [0.1, 0.15) is 11.3 Å². The number of aromatic nitrogens is 1. The van der Waals surface area contributed by atoms with Crippen molar-refractivity contribution in [1.82, 2.24) is 10.3 Å². The summed E-state index contributed by atoms with van der Waals surface area (Å²) in [5.41, 5.74) is 1.89. The van der Waals surface area contributed by atoms with E-state index in [0.717, 1.165) is 5.56 Å². The highest BCUT2D eigenvalue weighted by molar-refractivity contribution is 7.14. The molecule has 0 fully saturated rings. The van der Waals surface area contributed by atoms with Crippen molar-refractivity contribution in [2.75, 3.05) is 17.4 Å². The molecule has 1 aliphatic heterocycles. The van der Waals surface area contributed by atoms with Gasteiger partial charge in [0.15, 0.2) is 16.6 Å². The molecule has 1 aromatic heterocycles. The number of halogens is 1. The van der Waals surface area contributed by atoms with Crippen LogP contribution in [-0.4, -0.2) is 23.7 Å². The Balaban J connectivity index is 1.25. The second kappa shape index (κ2) is 8.78. The van der Waals surface area contributed by atoms with E-state index in [-0.39, 0.29) is 24.9 Å². The van der Waals surface area contributed by atoms with Crippen LogP contribution in [0.4, 0.5) is 20.0 Å². The molecule has 154 valence electrons. The number of fused-ring (bicyclic) bond motifs is 1. The topological polar surface area (TPSA) is 102 Å². The summed E-state index contributed by atoms with van der Waals surface area (Å²) in [5, 5.41) is 10.0. The van der Waals surface area contributed by atoms with Gasteiger partial charge >= 0.3 is 6.03 Å². The minimum Gasteiger partial charge on any atom is -0.454 e. The fourth-order valence-electron chi connectivity index (χ4n) is 2.72. The number of nitrogens with one attached hydrogen (secondary N) is 3. The molecule has 0 saturated heterocycles. The Bertz CT molecular complexity index is 1070. The fourth-order valence-corrected chi connectivity index (χ4v) is 3.42. The summed E-state index contributed by atoms with van der Waals surface area (Å²) < 4.78 is 23.5. The molecule has 0 bridgehead atoms. The second-order valence-corrected chi connectivity index (χ2v) is 7.23. The number of urea groups is 1. The van der Waals surface area contributed by atoms with Crippen LogP contribution in [0.3, 0.4) is 0 Å². The first-order chi connectivity index (χ1) is 14.5. The van der Waals surface area contributed by atoms with E-state index >= 15 is 0 Å². The van der Waals surface area contributed by atoms with Gasteiger partial charge in [-0.15, -0.1) is 11.3 Å². The number of amides is 3. The summed E-state index contributed by atoms with van der Waals surface area (Å²) in [6, 6.07) is 10.4. The number of rotatable bonds is 6. The van der Waals surface area contributed by atoms with Gasteiger partial charge in [0.05, 0.1) is 12.1 Å². The zero-order valence-corrected chi connectivity index (χ0v) is 16.4. The van der Waals surface area contributed by atoms with Crippen LogP contribution in [0.2, 0.25) is 0 Å². The Morgan fingerprint density at radius 1 is 1.07 bits per heavy atom. The predicted molar refractivity (Wildman–Crippen MR) is 109 cm³/mol. The number of hydrogen-bond donors (Lipinski definition) is 3. The van der Waals surface area contributed by atoms with Crippen LogP contribution in [0.25, 0.3) is 0 Å². The highest BCUT2D eigenvalue weighted by Gasteiger charge is 2.14. The summed E-state index contributed by atoms with van der Waals surface area (Å²) in [6.07, 6.45) is 0.0856. The molecule has 2 heterocycles. The van der Waals surface area contributed by atoms with E-state index in [2.05, 4.69) is 20.9 Å². The van der Waals surface area contributed by atoms with E-state index in [1.54, 1.807) is 11.4 Å². The van der Waals surface area contributed by atoms with E-state index in [1.165, 1.54) is 35.6 Å². The standard InChI is InChI=1S/C20H17FN4O4S/c21-13-2-4-14(5-3-13)23-19(27)25-20-24-15(10-30-20)8-18(26)22-9-12-1-6-16-17(7-12)29-11-28-16/h1-7,10H,8-9,11H2,(H,22,26)(H2,23,24,25,27). The molecule has 0 saturated carbocycles. The normalized spacial score (nSPS) is 11.8. The van der Waals surface area contributed by atoms with Crippen LogP contribution in [-0.2, 0) is 17.8 Å². The lowest BCUT2D eigenvalue weighted by Gasteiger charge is -2.06. The molecular weight excluding hydrogens is 411 g/mol. The summed E-state index contributed by atoms with van der Waals surface area (Å²) in [6.45, 7) is 0.554. The van der Waals surface area contributed by atoms with Crippen molar-refractivity contribution in [3.05, 3.63) is 64.9 Å². The molecule has 0 aliphatic carbocycles. The van der Waals surface area contributed by atoms with Gasteiger partial charge in [0.2, 0.25) is 12.7 Å². The zero-order chi connectivity index (χ0) is 20.9. The Hall–Kier alpha value is -3.66. The molecule has 3 N–H and O–H groups in total. The molecule has 2 aromatic carbocycles. The minimum atomic E-state index is -0.505. The lowest BCUT2D eigenvalue weighted by Crippen LogP contribution is -2.24. The molecule has 10 heteroatoms. The summed E-state index contributed by atoms with van der Waals surface area (Å²) in [7, 11) is 0. The van der Waals surface area contributed by atoms with Crippen molar-refractivity contribution in [2.45, 2.75) is 13.0 Å². The van der Waals surface area contributed by atoms with E-state index in [4.69, 9.17) is 9.47 Å². The van der Waals surface area contributed by atoms with Crippen LogP contribution in [0.5, 0.6) is 11.5 Å². The number of ether oxygens (including phenoxy) is 2. The van der Waals surface area contributed by atoms with Crippen molar-refractivity contribution in [2.24, 2.45) is 0 Å². The summed E-state index contributed by atoms with van der Waals surface area (Å²) in [5.74, 6) is 0.773. The predicted octanol–water partition coefficient (Wildman–Crippen LogP) is 3.51. The molecule has 8 nitrogen and oxygen atoms in total. The van der Waals surface area contributed by atoms with E-state index in [9.17, 15) is 14.0 Å². The summed E-state index contributed by atoms with van der Waals surface area (Å²) >= 11 is 1.21.